The van der Waals surface area contributed by atoms with Crippen LogP contribution in [0.5, 0.6) is 0 Å². The van der Waals surface area contributed by atoms with Crippen molar-refractivity contribution in [2.45, 2.75) is 335 Å². The highest BCUT2D eigenvalue weighted by atomic mass is 16.8. The molecule has 0 aromatic heterocycles. The minimum Gasteiger partial charge on any atom is -0.394 e. The second-order valence-corrected chi connectivity index (χ2v) is 30.9. The SMILES string of the molecule is CC(=O)N[C@@H]1[C@@H](O[C@@H]2O[C@H](CO)[C@@H](O[C@@H]3O[C@H](CO)[C@@H](O)[C@H](O[C@H]4O[C@H](CO)[C@H](O[C@H]5O[C@H](CO)[C@@H](O)[C@H](O[C@@H]6O[C@H](CO)[C@@H](O[C@@H]7O[C@H](CO)[C@@H](O)[C@H](O[C@H]8O[C@H](CO)[C@H](O)[C@H](O)[C@H]8NC(C)=O)[C@@H]7O[C@@H]7O[C@H](CO)[C@@H](O)[C@H](O)[C@H]7O)[C@H](O)[C@@H]6O)[C@H]5NC(C)=O)[C@H](O)[C@H]4NC(C)=O)[C@@H]3O[C@@H]3O[C@H](CO)[C@@H](O)[C@H](O)[C@H]3O)[C@H](O)[C@@H]2O)[C@H](O)[C@@H](CO)O[C@@H]1O. The molecule has 0 radical (unpaired) electrons. The van der Waals surface area contributed by atoms with Crippen LogP contribution < -0.4 is 21.3 Å². The number of rotatable bonds is 32. The highest BCUT2D eigenvalue weighted by molar-refractivity contribution is 5.74. The molecule has 32 N–H and O–H groups in total. The van der Waals surface area contributed by atoms with Crippen molar-refractivity contribution in [3.8, 4) is 0 Å². The minimum atomic E-state index is -2.51. The molecule has 0 bridgehead atoms. The van der Waals surface area contributed by atoms with Gasteiger partial charge >= 0.3 is 0 Å². The summed E-state index contributed by atoms with van der Waals surface area (Å²) >= 11 is 0. The molecule has 123 heavy (non-hydrogen) atoms. The largest absolute Gasteiger partial charge is 0.394 e. The predicted molar refractivity (Wildman–Crippen MR) is 376 cm³/mol. The van der Waals surface area contributed by atoms with Crippen LogP contribution in [0.3, 0.4) is 0 Å². The van der Waals surface area contributed by atoms with Crippen LogP contribution in [0.4, 0.5) is 0 Å². The zero-order valence-corrected chi connectivity index (χ0v) is 65.9. The molecule has 0 unspecified atom stereocenters. The molecule has 10 rings (SSSR count). The van der Waals surface area contributed by atoms with E-state index in [-0.39, 0.29) is 0 Å². The zero-order chi connectivity index (χ0) is 90.5. The fraction of sp³-hybridized carbons (Fsp3) is 0.941. The van der Waals surface area contributed by atoms with Crippen LogP contribution in [-0.2, 0) is 109 Å². The summed E-state index contributed by atoms with van der Waals surface area (Å²) in [5.74, 6) is -3.74. The van der Waals surface area contributed by atoms with Crippen LogP contribution in [0.1, 0.15) is 27.7 Å². The number of hydrogen-bond donors (Lipinski definition) is 32. The maximum atomic E-state index is 13.4. The van der Waals surface area contributed by atoms with Crippen LogP contribution in [0, 0.1) is 0 Å². The molecule has 10 fully saturated rings. The maximum Gasteiger partial charge on any atom is 0.217 e. The number of hydrogen-bond acceptors (Lipinski definition) is 51. The van der Waals surface area contributed by atoms with E-state index in [1.807, 2.05) is 0 Å². The van der Waals surface area contributed by atoms with E-state index in [9.17, 15) is 162 Å². The first kappa shape index (κ1) is 101. The van der Waals surface area contributed by atoms with Gasteiger partial charge in [-0.05, 0) is 0 Å². The molecule has 50 atom stereocenters. The van der Waals surface area contributed by atoms with Crippen molar-refractivity contribution in [3.63, 3.8) is 0 Å². The van der Waals surface area contributed by atoms with Gasteiger partial charge in [0.1, 0.15) is 244 Å². The van der Waals surface area contributed by atoms with Gasteiger partial charge in [0.25, 0.3) is 0 Å². The molecule has 55 nitrogen and oxygen atoms in total. The molecule has 10 saturated heterocycles. The third-order valence-electron chi connectivity index (χ3n) is 22.5. The van der Waals surface area contributed by atoms with Gasteiger partial charge < -0.3 is 254 Å². The van der Waals surface area contributed by atoms with Crippen molar-refractivity contribution in [1.82, 2.24) is 21.3 Å². The normalized spacial score (nSPS) is 49.4. The number of carbonyl (C=O) groups is 4. The highest BCUT2D eigenvalue weighted by Gasteiger charge is 2.63. The third kappa shape index (κ3) is 22.1. The van der Waals surface area contributed by atoms with Gasteiger partial charge in [-0.15, -0.1) is 0 Å². The van der Waals surface area contributed by atoms with E-state index in [0.717, 1.165) is 27.7 Å². The summed E-state index contributed by atoms with van der Waals surface area (Å²) in [6.07, 6.45) is -98.2. The molecule has 10 heterocycles. The lowest BCUT2D eigenvalue weighted by molar-refractivity contribution is -0.408. The van der Waals surface area contributed by atoms with Crippen molar-refractivity contribution in [3.05, 3.63) is 0 Å². The van der Waals surface area contributed by atoms with E-state index in [1.54, 1.807) is 0 Å². The Morgan fingerprint density at radius 2 is 0.407 bits per heavy atom. The van der Waals surface area contributed by atoms with Crippen LogP contribution in [0.2, 0.25) is 0 Å². The number of aliphatic hydroxyl groups is 28. The second-order valence-electron chi connectivity index (χ2n) is 30.9. The maximum absolute atomic E-state index is 13.4. The van der Waals surface area contributed by atoms with Gasteiger partial charge in [-0.3, -0.25) is 19.2 Å². The Balaban J connectivity index is 0.920. The molecule has 4 amide bonds. The smallest absolute Gasteiger partial charge is 0.217 e. The summed E-state index contributed by atoms with van der Waals surface area (Å²) in [5.41, 5.74) is 0. The van der Waals surface area contributed by atoms with E-state index in [0.29, 0.717) is 0 Å². The number of ether oxygens (including phenoxy) is 19. The minimum absolute atomic E-state index is 0.809. The molecule has 0 saturated carbocycles. The molecule has 712 valence electrons. The van der Waals surface area contributed by atoms with Gasteiger partial charge in [-0.25, -0.2) is 0 Å². The van der Waals surface area contributed by atoms with Crippen molar-refractivity contribution in [2.75, 3.05) is 66.1 Å². The van der Waals surface area contributed by atoms with E-state index in [2.05, 4.69) is 21.3 Å². The summed E-state index contributed by atoms with van der Waals surface area (Å²) in [4.78, 5) is 51.4. The topological polar surface area (TPSA) is 858 Å². The molecule has 0 aromatic carbocycles. The van der Waals surface area contributed by atoms with Gasteiger partial charge in [-0.1, -0.05) is 0 Å². The Hall–Kier alpha value is -4.00. The third-order valence-corrected chi connectivity index (χ3v) is 22.5. The fourth-order valence-corrected chi connectivity index (χ4v) is 16.0. The van der Waals surface area contributed by atoms with Crippen molar-refractivity contribution in [2.24, 2.45) is 0 Å². The fourth-order valence-electron chi connectivity index (χ4n) is 16.0. The van der Waals surface area contributed by atoms with Gasteiger partial charge in [0.2, 0.25) is 23.6 Å². The van der Waals surface area contributed by atoms with E-state index in [1.165, 1.54) is 0 Å². The van der Waals surface area contributed by atoms with Crippen LogP contribution in [0.25, 0.3) is 0 Å². The Bertz CT molecular complexity index is 3300. The molecule has 55 heteroatoms. The van der Waals surface area contributed by atoms with Crippen LogP contribution in [0.15, 0.2) is 0 Å². The summed E-state index contributed by atoms with van der Waals surface area (Å²) < 4.78 is 113. The molecular weight excluding hydrogens is 1690 g/mol. The second kappa shape index (κ2) is 44.3. The first-order valence-electron chi connectivity index (χ1n) is 39.2. The van der Waals surface area contributed by atoms with Crippen LogP contribution in [-0.4, -0.2) is 539 Å². The zero-order valence-electron chi connectivity index (χ0n) is 65.9. The number of aliphatic hydroxyl groups excluding tert-OH is 28. The van der Waals surface area contributed by atoms with Gasteiger partial charge in [0.05, 0.1) is 66.1 Å². The lowest BCUT2D eigenvalue weighted by atomic mass is 9.93. The summed E-state index contributed by atoms with van der Waals surface area (Å²) in [6.45, 7) is -7.66. The molecule has 10 aliphatic rings. The van der Waals surface area contributed by atoms with Gasteiger partial charge in [0.15, 0.2) is 62.9 Å². The summed E-state index contributed by atoms with van der Waals surface area (Å²) in [7, 11) is 0. The number of carbonyl (C=O) groups excluding carboxylic acids is 4. The van der Waals surface area contributed by atoms with E-state index in [4.69, 9.17) is 90.0 Å². The van der Waals surface area contributed by atoms with Crippen molar-refractivity contribution >= 4 is 23.6 Å². The summed E-state index contributed by atoms with van der Waals surface area (Å²) in [6, 6.07) is -7.58. The molecular formula is C68H114N4O51. The van der Waals surface area contributed by atoms with Crippen molar-refractivity contribution in [1.29, 1.82) is 0 Å². The first-order chi connectivity index (χ1) is 58.3. The Morgan fingerprint density at radius 1 is 0.195 bits per heavy atom. The first-order valence-corrected chi connectivity index (χ1v) is 39.2. The van der Waals surface area contributed by atoms with Gasteiger partial charge in [-0.2, -0.15) is 0 Å². The number of nitrogens with one attached hydrogen (secondary N) is 4. The van der Waals surface area contributed by atoms with E-state index >= 15 is 0 Å². The highest BCUT2D eigenvalue weighted by Crippen LogP contribution is 2.42. The predicted octanol–water partition coefficient (Wildman–Crippen LogP) is -22.2. The monoisotopic (exact) mass is 1800 g/mol. The van der Waals surface area contributed by atoms with Crippen molar-refractivity contribution < 1.29 is 252 Å². The number of amides is 4. The lowest BCUT2D eigenvalue weighted by Gasteiger charge is -2.52. The van der Waals surface area contributed by atoms with E-state index < -0.39 is 397 Å². The quantitative estimate of drug-likeness (QED) is 0.0297. The molecule has 0 spiro atoms. The standard InChI is InChI=1S/C68H114N4O51/c1-15(83)69-29-40(94)33(87)19(5-73)106-60(29)120-55-38(92)24(10-78)110-67(57(55)122-63-46(100)42(96)34(88)20(6-74)108-63)117-52-28(14-82)114-66(49(103)45(52)99)119-54-32(72-18(4)86)62(107-23(9-77)37(54)91)115-50-26(12-80)112-61(30(41(50)95)70-16(2)84)121-56-39(93)25(11-79)111-68(58(56)123-64-47(101)43(97)35(89)21(7-75)109-64)116-51-27(13-81)113-65(48(102)44(51)98)118-53-31(71-17(3)85)59(104)105-22(8-76)36(53)90/h19-68,73-82,87-104H,5-14H2,1-4H3,(H,69,83)(H,70,84)(H,71,85)(H,72,86)/t19-,20-,21-,22-,23-,24-,25-,26-,27-,28-,29-,30-,31-,32-,33+,34-,35-,36-,37-,38-,39-,40-,41-,42+,43+,44-,45-,46-,47-,48+,49+,50+,51-,52-,53-,54-,55+,56+,57+,58+,59+,60-,61-,62-,63+,64+,65+,66+,67+,68+/m1/s1. The average molecular weight is 1800 g/mol. The lowest BCUT2D eigenvalue weighted by Crippen LogP contribution is -2.72. The molecule has 0 aliphatic carbocycles. The summed E-state index contributed by atoms with van der Waals surface area (Å²) in [5, 5.41) is 321. The van der Waals surface area contributed by atoms with Crippen LogP contribution >= 0.6 is 0 Å². The average Bonchev–Trinajstić information content (AvgIpc) is 0.819. The Labute approximate surface area is 695 Å². The molecule has 10 aliphatic heterocycles. The Morgan fingerprint density at radius 3 is 0.756 bits per heavy atom. The Kier molecular flexibility index (Phi) is 36.4. The molecule has 0 aromatic rings. The van der Waals surface area contributed by atoms with Gasteiger partial charge in [0, 0.05) is 27.7 Å².